The van der Waals surface area contributed by atoms with Gasteiger partial charge in [0.15, 0.2) is 0 Å². The van der Waals surface area contributed by atoms with Crippen LogP contribution in [0.3, 0.4) is 0 Å². The van der Waals surface area contributed by atoms with Crippen molar-refractivity contribution in [3.8, 4) is 0 Å². The van der Waals surface area contributed by atoms with Crippen molar-refractivity contribution in [1.29, 1.82) is 0 Å². The van der Waals surface area contributed by atoms with Crippen LogP contribution in [0, 0.1) is 0 Å². The predicted molar refractivity (Wildman–Crippen MR) is 61.2 cm³/mol. The molecular weight excluding hydrogens is 174 g/mol. The van der Waals surface area contributed by atoms with Gasteiger partial charge in [-0.25, -0.2) is 0 Å². The van der Waals surface area contributed by atoms with Crippen LogP contribution < -0.4 is 5.32 Å². The molecule has 2 heteroatoms. The van der Waals surface area contributed by atoms with Crippen LogP contribution in [-0.2, 0) is 4.79 Å². The quantitative estimate of drug-likeness (QED) is 0.493. The summed E-state index contributed by atoms with van der Waals surface area (Å²) in [6.07, 6.45) is 7.59. The molecule has 0 aromatic rings. The minimum atomic E-state index is 0.0922. The summed E-state index contributed by atoms with van der Waals surface area (Å²) in [5.74, 6) is 0.0922. The summed E-state index contributed by atoms with van der Waals surface area (Å²) in [5.41, 5.74) is 0.856. The Morgan fingerprint density at radius 1 is 1.21 bits per heavy atom. The summed E-state index contributed by atoms with van der Waals surface area (Å²) in [7, 11) is 0. The van der Waals surface area contributed by atoms with Gasteiger partial charge in [0.05, 0.1) is 0 Å². The van der Waals surface area contributed by atoms with E-state index >= 15 is 0 Å². The van der Waals surface area contributed by atoms with Crippen LogP contribution in [0.15, 0.2) is 11.6 Å². The Labute approximate surface area is 87.8 Å². The number of unbranched alkanes of at least 4 members (excludes halogenated alkanes) is 3. The fourth-order valence-electron chi connectivity index (χ4n) is 1.13. The molecule has 0 bridgehead atoms. The van der Waals surface area contributed by atoms with E-state index in [0.717, 1.165) is 31.4 Å². The van der Waals surface area contributed by atoms with Crippen LogP contribution in [0.5, 0.6) is 0 Å². The molecule has 0 unspecified atom stereocenters. The van der Waals surface area contributed by atoms with E-state index in [0.29, 0.717) is 0 Å². The second kappa shape index (κ2) is 8.79. The highest BCUT2D eigenvalue weighted by Gasteiger charge is 2.01. The zero-order valence-electron chi connectivity index (χ0n) is 9.73. The average Bonchev–Trinajstić information content (AvgIpc) is 2.18. The molecule has 82 valence electrons. The molecule has 0 fully saturated rings. The number of nitrogens with one attached hydrogen (secondary N) is 1. The first-order chi connectivity index (χ1) is 6.72. The summed E-state index contributed by atoms with van der Waals surface area (Å²) >= 11 is 0. The maximum absolute atomic E-state index is 11.4. The summed E-state index contributed by atoms with van der Waals surface area (Å²) < 4.78 is 0. The lowest BCUT2D eigenvalue weighted by molar-refractivity contribution is -0.117. The second-order valence-corrected chi connectivity index (χ2v) is 3.64. The first kappa shape index (κ1) is 13.2. The van der Waals surface area contributed by atoms with Gasteiger partial charge in [0.2, 0.25) is 5.91 Å². The van der Waals surface area contributed by atoms with E-state index < -0.39 is 0 Å². The number of allylic oxidation sites excluding steroid dienone is 1. The Bertz CT molecular complexity index is 185. The Hall–Kier alpha value is -0.790. The molecule has 0 saturated carbocycles. The first-order valence-corrected chi connectivity index (χ1v) is 5.67. The second-order valence-electron chi connectivity index (χ2n) is 3.64. The number of amides is 1. The highest BCUT2D eigenvalue weighted by molar-refractivity contribution is 5.92. The van der Waals surface area contributed by atoms with Gasteiger partial charge in [-0.3, -0.25) is 4.79 Å². The van der Waals surface area contributed by atoms with Gasteiger partial charge in [-0.1, -0.05) is 39.2 Å². The largest absolute Gasteiger partial charge is 0.352 e. The molecule has 14 heavy (non-hydrogen) atoms. The molecule has 0 spiro atoms. The zero-order chi connectivity index (χ0) is 10.8. The number of hydrogen-bond acceptors (Lipinski definition) is 1. The molecule has 0 heterocycles. The van der Waals surface area contributed by atoms with Crippen molar-refractivity contribution in [2.24, 2.45) is 0 Å². The molecule has 0 aliphatic heterocycles. The van der Waals surface area contributed by atoms with E-state index in [9.17, 15) is 4.79 Å². The molecule has 0 radical (unpaired) electrons. The molecule has 0 atom stereocenters. The Morgan fingerprint density at radius 3 is 2.43 bits per heavy atom. The molecule has 0 rings (SSSR count). The van der Waals surface area contributed by atoms with Crippen LogP contribution in [0.1, 0.15) is 52.9 Å². The number of hydrogen-bond donors (Lipinski definition) is 1. The monoisotopic (exact) mass is 197 g/mol. The van der Waals surface area contributed by atoms with Crippen molar-refractivity contribution < 1.29 is 4.79 Å². The standard InChI is InChI=1S/C12H23NO/c1-4-6-8-9-11(3)12(14)13-10-7-5-2/h9H,4-8,10H2,1-3H3,(H,13,14). The molecule has 0 aromatic heterocycles. The third-order valence-corrected chi connectivity index (χ3v) is 2.18. The summed E-state index contributed by atoms with van der Waals surface area (Å²) in [5, 5.41) is 2.90. The van der Waals surface area contributed by atoms with Crippen LogP contribution >= 0.6 is 0 Å². The van der Waals surface area contributed by atoms with E-state index in [1.807, 2.05) is 13.0 Å². The van der Waals surface area contributed by atoms with E-state index in [4.69, 9.17) is 0 Å². The molecular formula is C12H23NO. The maximum atomic E-state index is 11.4. The highest BCUT2D eigenvalue weighted by atomic mass is 16.1. The lowest BCUT2D eigenvalue weighted by atomic mass is 10.2. The molecule has 0 aliphatic carbocycles. The maximum Gasteiger partial charge on any atom is 0.246 e. The molecule has 0 saturated heterocycles. The van der Waals surface area contributed by atoms with Crippen molar-refractivity contribution >= 4 is 5.91 Å². The Kier molecular flexibility index (Phi) is 8.30. The molecule has 1 N–H and O–H groups in total. The summed E-state index contributed by atoms with van der Waals surface area (Å²) in [4.78, 5) is 11.4. The lowest BCUT2D eigenvalue weighted by Gasteiger charge is -2.03. The molecule has 0 aromatic carbocycles. The number of rotatable bonds is 7. The normalized spacial score (nSPS) is 11.5. The third kappa shape index (κ3) is 6.70. The van der Waals surface area contributed by atoms with Crippen molar-refractivity contribution in [2.45, 2.75) is 52.9 Å². The topological polar surface area (TPSA) is 29.1 Å². The van der Waals surface area contributed by atoms with Crippen molar-refractivity contribution in [3.63, 3.8) is 0 Å². The van der Waals surface area contributed by atoms with Crippen LogP contribution in [0.25, 0.3) is 0 Å². The minimum absolute atomic E-state index is 0.0922. The van der Waals surface area contributed by atoms with Gasteiger partial charge >= 0.3 is 0 Å². The van der Waals surface area contributed by atoms with Gasteiger partial charge in [-0.2, -0.15) is 0 Å². The van der Waals surface area contributed by atoms with Crippen LogP contribution in [-0.4, -0.2) is 12.5 Å². The predicted octanol–water partition coefficient (Wildman–Crippen LogP) is 3.04. The molecule has 2 nitrogen and oxygen atoms in total. The summed E-state index contributed by atoms with van der Waals surface area (Å²) in [6, 6.07) is 0. The van der Waals surface area contributed by atoms with Crippen molar-refractivity contribution in [2.75, 3.05) is 6.54 Å². The van der Waals surface area contributed by atoms with Gasteiger partial charge in [0.25, 0.3) is 0 Å². The molecule has 0 aliphatic rings. The highest BCUT2D eigenvalue weighted by Crippen LogP contribution is 2.00. The average molecular weight is 197 g/mol. The summed E-state index contributed by atoms with van der Waals surface area (Å²) in [6.45, 7) is 6.96. The number of carbonyl (C=O) groups is 1. The van der Waals surface area contributed by atoms with Crippen LogP contribution in [0.4, 0.5) is 0 Å². The Morgan fingerprint density at radius 2 is 1.86 bits per heavy atom. The zero-order valence-corrected chi connectivity index (χ0v) is 9.73. The van der Waals surface area contributed by atoms with Crippen molar-refractivity contribution in [1.82, 2.24) is 5.32 Å². The van der Waals surface area contributed by atoms with Gasteiger partial charge in [-0.05, 0) is 19.8 Å². The fourth-order valence-corrected chi connectivity index (χ4v) is 1.13. The first-order valence-electron chi connectivity index (χ1n) is 5.67. The third-order valence-electron chi connectivity index (χ3n) is 2.18. The van der Waals surface area contributed by atoms with Gasteiger partial charge in [0, 0.05) is 12.1 Å². The van der Waals surface area contributed by atoms with Crippen molar-refractivity contribution in [3.05, 3.63) is 11.6 Å². The fraction of sp³-hybridized carbons (Fsp3) is 0.750. The number of carbonyl (C=O) groups excluding carboxylic acids is 1. The smallest absolute Gasteiger partial charge is 0.246 e. The minimum Gasteiger partial charge on any atom is -0.352 e. The SMILES string of the molecule is CCCCC=C(C)C(=O)NCCCC. The van der Waals surface area contributed by atoms with E-state index in [-0.39, 0.29) is 5.91 Å². The van der Waals surface area contributed by atoms with E-state index in [1.54, 1.807) is 0 Å². The van der Waals surface area contributed by atoms with Gasteiger partial charge < -0.3 is 5.32 Å². The Balaban J connectivity index is 3.68. The van der Waals surface area contributed by atoms with Crippen LogP contribution in [0.2, 0.25) is 0 Å². The van der Waals surface area contributed by atoms with Gasteiger partial charge in [-0.15, -0.1) is 0 Å². The lowest BCUT2D eigenvalue weighted by Crippen LogP contribution is -2.24. The van der Waals surface area contributed by atoms with Gasteiger partial charge in [0.1, 0.15) is 0 Å². The van der Waals surface area contributed by atoms with E-state index in [1.165, 1.54) is 12.8 Å². The van der Waals surface area contributed by atoms with E-state index in [2.05, 4.69) is 19.2 Å². The molecule has 1 amide bonds.